The Morgan fingerprint density at radius 3 is 1.66 bits per heavy atom. The van der Waals surface area contributed by atoms with Gasteiger partial charge in [0, 0.05) is 16.7 Å². The summed E-state index contributed by atoms with van der Waals surface area (Å²) >= 11 is 0. The third kappa shape index (κ3) is 5.68. The van der Waals surface area contributed by atoms with Crippen molar-refractivity contribution in [1.82, 2.24) is 15.0 Å². The van der Waals surface area contributed by atoms with E-state index in [0.717, 1.165) is 40.0 Å². The molecular formula is C52H44N4. The Bertz CT molecular complexity index is 2550. The largest absolute Gasteiger partial charge is 0.208 e. The smallest absolute Gasteiger partial charge is 0.164 e. The molecule has 4 heteroatoms. The van der Waals surface area contributed by atoms with Gasteiger partial charge in [0.05, 0.1) is 17.0 Å². The summed E-state index contributed by atoms with van der Waals surface area (Å²) in [5.74, 6) is 4.28. The number of aromatic nitrogens is 3. The fraction of sp³-hybridized carbons (Fsp3) is 0.231. The van der Waals surface area contributed by atoms with Crippen LogP contribution in [0, 0.1) is 29.1 Å². The summed E-state index contributed by atoms with van der Waals surface area (Å²) in [7, 11) is 0. The van der Waals surface area contributed by atoms with Gasteiger partial charge < -0.3 is 0 Å². The molecule has 6 aromatic carbocycles. The molecule has 2 unspecified atom stereocenters. The van der Waals surface area contributed by atoms with Gasteiger partial charge in [-0.15, -0.1) is 0 Å². The van der Waals surface area contributed by atoms with Gasteiger partial charge in [-0.25, -0.2) is 15.0 Å². The number of nitriles is 1. The molecule has 3 aliphatic carbocycles. The molecule has 56 heavy (non-hydrogen) atoms. The number of hydrogen-bond donors (Lipinski definition) is 0. The van der Waals surface area contributed by atoms with Crippen molar-refractivity contribution in [3.05, 3.63) is 185 Å². The van der Waals surface area contributed by atoms with E-state index in [1.165, 1.54) is 65.5 Å². The first kappa shape index (κ1) is 34.3. The van der Waals surface area contributed by atoms with Crippen LogP contribution in [0.3, 0.4) is 0 Å². The summed E-state index contributed by atoms with van der Waals surface area (Å²) in [6.07, 6.45) is 6.53. The van der Waals surface area contributed by atoms with Crippen LogP contribution in [0.15, 0.2) is 152 Å². The van der Waals surface area contributed by atoms with Gasteiger partial charge >= 0.3 is 0 Å². The van der Waals surface area contributed by atoms with E-state index in [1.807, 2.05) is 72.8 Å². The first-order chi connectivity index (χ1) is 27.4. The molecule has 0 radical (unpaired) electrons. The lowest BCUT2D eigenvalue weighted by molar-refractivity contribution is 0.0898. The summed E-state index contributed by atoms with van der Waals surface area (Å²) in [6, 6.07) is 56.1. The van der Waals surface area contributed by atoms with Crippen LogP contribution >= 0.6 is 0 Å². The van der Waals surface area contributed by atoms with E-state index in [-0.39, 0.29) is 5.41 Å². The van der Waals surface area contributed by atoms with E-state index in [4.69, 9.17) is 15.0 Å². The molecule has 2 fully saturated rings. The van der Waals surface area contributed by atoms with Crippen LogP contribution in [0.4, 0.5) is 0 Å². The zero-order valence-electron chi connectivity index (χ0n) is 32.0. The topological polar surface area (TPSA) is 62.5 Å². The normalized spacial score (nSPS) is 23.5. The maximum absolute atomic E-state index is 10.3. The molecule has 2 saturated carbocycles. The van der Waals surface area contributed by atoms with Crippen LogP contribution in [0.5, 0.6) is 0 Å². The molecule has 272 valence electrons. The molecule has 0 amide bonds. The zero-order chi connectivity index (χ0) is 37.9. The van der Waals surface area contributed by atoms with Crippen molar-refractivity contribution in [2.75, 3.05) is 0 Å². The lowest BCUT2D eigenvalue weighted by Crippen LogP contribution is -2.39. The minimum atomic E-state index is -0.683. The van der Waals surface area contributed by atoms with E-state index in [9.17, 15) is 5.26 Å². The van der Waals surface area contributed by atoms with E-state index in [0.29, 0.717) is 23.0 Å². The Morgan fingerprint density at radius 2 is 1.05 bits per heavy atom. The highest BCUT2D eigenvalue weighted by atomic mass is 15.0. The minimum Gasteiger partial charge on any atom is -0.208 e. The van der Waals surface area contributed by atoms with Gasteiger partial charge in [0.2, 0.25) is 0 Å². The molecular weight excluding hydrogens is 681 g/mol. The molecule has 10 rings (SSSR count). The molecule has 0 spiro atoms. The average molecular weight is 725 g/mol. The van der Waals surface area contributed by atoms with Gasteiger partial charge in [0.1, 0.15) is 0 Å². The molecule has 4 nitrogen and oxygen atoms in total. The van der Waals surface area contributed by atoms with Crippen molar-refractivity contribution < 1.29 is 0 Å². The Labute approximate surface area is 330 Å². The monoisotopic (exact) mass is 724 g/mol. The second-order valence-electron chi connectivity index (χ2n) is 16.9. The molecule has 1 heterocycles. The lowest BCUT2D eigenvalue weighted by Gasteiger charge is -2.48. The van der Waals surface area contributed by atoms with Gasteiger partial charge in [0.25, 0.3) is 0 Å². The Hall–Kier alpha value is -6.18. The summed E-state index contributed by atoms with van der Waals surface area (Å²) in [5.41, 5.74) is 11.5. The van der Waals surface area contributed by atoms with Gasteiger partial charge in [-0.3, -0.25) is 0 Å². The second kappa shape index (κ2) is 13.5. The van der Waals surface area contributed by atoms with Gasteiger partial charge in [-0.05, 0) is 112 Å². The fourth-order valence-electron chi connectivity index (χ4n) is 10.9. The maximum Gasteiger partial charge on any atom is 0.164 e. The third-order valence-electron chi connectivity index (χ3n) is 13.0. The van der Waals surface area contributed by atoms with Crippen LogP contribution in [0.2, 0.25) is 0 Å². The predicted molar refractivity (Wildman–Crippen MR) is 225 cm³/mol. The number of hydrogen-bond acceptors (Lipinski definition) is 4. The van der Waals surface area contributed by atoms with Crippen molar-refractivity contribution in [1.29, 1.82) is 5.26 Å². The number of fused-ring (bicyclic) bond motifs is 5. The van der Waals surface area contributed by atoms with Crippen LogP contribution in [-0.2, 0) is 10.8 Å². The minimum absolute atomic E-state index is 0.103. The van der Waals surface area contributed by atoms with Crippen LogP contribution in [0.1, 0.15) is 79.3 Å². The Morgan fingerprint density at radius 1 is 0.518 bits per heavy atom. The van der Waals surface area contributed by atoms with Crippen molar-refractivity contribution in [3.63, 3.8) is 0 Å². The SMILES string of the molecule is C[C@H]1C[C@@H]2C[C@H](C1)CC(C)(c1ccc3c(c1)C(c1ccccc1)(c1cccc(C#N)c1)c1cc(-c4nc(-c5ccccc5)nc(-c5ccccc5)n4)ccc1-3)C2. The van der Waals surface area contributed by atoms with E-state index >= 15 is 0 Å². The second-order valence-corrected chi connectivity index (χ2v) is 16.9. The van der Waals surface area contributed by atoms with E-state index < -0.39 is 5.41 Å². The molecule has 0 saturated heterocycles. The summed E-state index contributed by atoms with van der Waals surface area (Å²) in [4.78, 5) is 15.3. The molecule has 0 aliphatic heterocycles. The summed E-state index contributed by atoms with van der Waals surface area (Å²) in [5, 5.41) is 10.3. The van der Waals surface area contributed by atoms with E-state index in [2.05, 4.69) is 98.8 Å². The highest BCUT2D eigenvalue weighted by Gasteiger charge is 2.48. The number of nitrogens with zero attached hydrogens (tertiary/aromatic N) is 4. The maximum atomic E-state index is 10.3. The van der Waals surface area contributed by atoms with Crippen molar-refractivity contribution in [2.24, 2.45) is 17.8 Å². The van der Waals surface area contributed by atoms with Gasteiger partial charge in [-0.2, -0.15) is 5.26 Å². The van der Waals surface area contributed by atoms with Crippen molar-refractivity contribution >= 4 is 0 Å². The average Bonchev–Trinajstić information content (AvgIpc) is 3.54. The number of rotatable bonds is 6. The first-order valence-electron chi connectivity index (χ1n) is 20.1. The molecule has 5 atom stereocenters. The van der Waals surface area contributed by atoms with Crippen LogP contribution in [0.25, 0.3) is 45.3 Å². The van der Waals surface area contributed by atoms with Crippen molar-refractivity contribution in [2.45, 2.75) is 56.8 Å². The number of benzene rings is 6. The molecule has 1 aromatic heterocycles. The van der Waals surface area contributed by atoms with Crippen LogP contribution < -0.4 is 0 Å². The molecule has 2 bridgehead atoms. The van der Waals surface area contributed by atoms with Gasteiger partial charge in [-0.1, -0.05) is 147 Å². The highest BCUT2D eigenvalue weighted by Crippen LogP contribution is 2.59. The standard InChI is InChI=1S/C52H44N4/c1-34-25-36-27-37(26-34)32-51(2,31-36)42-22-24-45-44-23-21-40(50-55-48(38-14-6-3-7-15-38)54-49(56-50)39-16-8-4-9-17-39)29-46(44)52(47(45)30-42,41-18-10-5-11-19-41)43-20-12-13-35(28-43)33-53/h3-24,28-30,34,36-37H,25-27,31-32H2,1-2H3/t34-,36+,37-,51?,52?. The lowest BCUT2D eigenvalue weighted by atomic mass is 9.57. The quantitative estimate of drug-likeness (QED) is 0.171. The Kier molecular flexibility index (Phi) is 8.29. The third-order valence-corrected chi connectivity index (χ3v) is 13.0. The van der Waals surface area contributed by atoms with Gasteiger partial charge in [0.15, 0.2) is 17.5 Å². The van der Waals surface area contributed by atoms with Crippen molar-refractivity contribution in [3.8, 4) is 51.4 Å². The first-order valence-corrected chi connectivity index (χ1v) is 20.1. The molecule has 0 N–H and O–H groups in total. The zero-order valence-corrected chi connectivity index (χ0v) is 32.0. The van der Waals surface area contributed by atoms with E-state index in [1.54, 1.807) is 0 Å². The Balaban J connectivity index is 1.22. The molecule has 3 aliphatic rings. The fourth-order valence-corrected chi connectivity index (χ4v) is 10.9. The highest BCUT2D eigenvalue weighted by molar-refractivity contribution is 5.88. The summed E-state index contributed by atoms with van der Waals surface area (Å²) in [6.45, 7) is 4.98. The van der Waals surface area contributed by atoms with Crippen LogP contribution in [-0.4, -0.2) is 15.0 Å². The summed E-state index contributed by atoms with van der Waals surface area (Å²) < 4.78 is 0. The molecule has 7 aromatic rings. The predicted octanol–water partition coefficient (Wildman–Crippen LogP) is 12.2.